The van der Waals surface area contributed by atoms with Crippen molar-refractivity contribution >= 4 is 35.2 Å². The summed E-state index contributed by atoms with van der Waals surface area (Å²) in [7, 11) is 0. The van der Waals surface area contributed by atoms with Gasteiger partial charge in [-0.1, -0.05) is 35.9 Å². The molecule has 5 nitrogen and oxygen atoms in total. The van der Waals surface area contributed by atoms with Crippen molar-refractivity contribution in [3.63, 3.8) is 0 Å². The number of halogens is 2. The zero-order valence-corrected chi connectivity index (χ0v) is 18.0. The maximum atomic E-state index is 13.6. The molecule has 2 aliphatic rings. The molecule has 1 unspecified atom stereocenters. The summed E-state index contributed by atoms with van der Waals surface area (Å²) >= 11 is 7.69. The van der Waals surface area contributed by atoms with E-state index in [0.29, 0.717) is 36.0 Å². The summed E-state index contributed by atoms with van der Waals surface area (Å²) in [6.07, 6.45) is 0. The Morgan fingerprint density at radius 1 is 1.07 bits per heavy atom. The van der Waals surface area contributed by atoms with Gasteiger partial charge in [0.25, 0.3) is 5.91 Å². The minimum absolute atomic E-state index is 0.0439. The highest BCUT2D eigenvalue weighted by Gasteiger charge is 2.33. The third kappa shape index (κ3) is 4.63. The molecule has 4 rings (SSSR count). The third-order valence-corrected chi connectivity index (χ3v) is 7.11. The zero-order chi connectivity index (χ0) is 21.1. The first-order chi connectivity index (χ1) is 14.5. The van der Waals surface area contributed by atoms with E-state index in [0.717, 1.165) is 25.2 Å². The van der Waals surface area contributed by atoms with Crippen LogP contribution in [0.5, 0.6) is 0 Å². The molecule has 0 N–H and O–H groups in total. The van der Waals surface area contributed by atoms with Gasteiger partial charge in [-0.2, -0.15) is 0 Å². The van der Waals surface area contributed by atoms with Crippen LogP contribution >= 0.6 is 23.4 Å². The van der Waals surface area contributed by atoms with E-state index in [4.69, 9.17) is 11.6 Å². The second kappa shape index (κ2) is 9.37. The Labute approximate surface area is 184 Å². The molecule has 30 heavy (non-hydrogen) atoms. The minimum Gasteiger partial charge on any atom is -0.336 e. The number of carbonyl (C=O) groups is 2. The van der Waals surface area contributed by atoms with Crippen LogP contribution in [0.25, 0.3) is 0 Å². The molecule has 2 saturated heterocycles. The number of hydrogen-bond donors (Lipinski definition) is 0. The lowest BCUT2D eigenvalue weighted by atomic mass is 10.1. The molecule has 0 spiro atoms. The second-order valence-corrected chi connectivity index (χ2v) is 8.89. The van der Waals surface area contributed by atoms with E-state index >= 15 is 0 Å². The first-order valence-electron chi connectivity index (χ1n) is 9.95. The van der Waals surface area contributed by atoms with Crippen LogP contribution in [-0.4, -0.2) is 71.5 Å². The van der Waals surface area contributed by atoms with E-state index < -0.39 is 0 Å². The van der Waals surface area contributed by atoms with Gasteiger partial charge in [0, 0.05) is 39.3 Å². The predicted octanol–water partition coefficient (Wildman–Crippen LogP) is 3.51. The maximum absolute atomic E-state index is 13.6. The first kappa shape index (κ1) is 21.2. The highest BCUT2D eigenvalue weighted by Crippen LogP contribution is 2.38. The maximum Gasteiger partial charge on any atom is 0.255 e. The summed E-state index contributed by atoms with van der Waals surface area (Å²) in [6, 6.07) is 13.6. The largest absolute Gasteiger partial charge is 0.336 e. The Hall–Kier alpha value is -2.09. The molecule has 2 aliphatic heterocycles. The van der Waals surface area contributed by atoms with Gasteiger partial charge in [-0.3, -0.25) is 14.5 Å². The van der Waals surface area contributed by atoms with Crippen LogP contribution in [0.4, 0.5) is 4.39 Å². The molecular weight excluding hydrogens is 425 g/mol. The van der Waals surface area contributed by atoms with Crippen molar-refractivity contribution in [3.05, 3.63) is 70.5 Å². The summed E-state index contributed by atoms with van der Waals surface area (Å²) in [5, 5.41) is 0.328. The Morgan fingerprint density at radius 3 is 2.57 bits per heavy atom. The van der Waals surface area contributed by atoms with Crippen molar-refractivity contribution in [1.82, 2.24) is 14.7 Å². The molecule has 8 heteroatoms. The molecule has 0 aliphatic carbocycles. The van der Waals surface area contributed by atoms with E-state index in [1.54, 1.807) is 18.2 Å². The van der Waals surface area contributed by atoms with Gasteiger partial charge >= 0.3 is 0 Å². The summed E-state index contributed by atoms with van der Waals surface area (Å²) in [4.78, 5) is 31.0. The Kier molecular flexibility index (Phi) is 6.61. The summed E-state index contributed by atoms with van der Waals surface area (Å²) in [5.74, 6) is 0.174. The van der Waals surface area contributed by atoms with Gasteiger partial charge in [0.05, 0.1) is 16.3 Å². The summed E-state index contributed by atoms with van der Waals surface area (Å²) in [6.45, 7) is 4.06. The van der Waals surface area contributed by atoms with Gasteiger partial charge in [0.1, 0.15) is 11.2 Å². The third-order valence-electron chi connectivity index (χ3n) is 5.52. The standard InChI is InChI=1S/C22H23ClFN3O2S/c23-19-7-2-1-6-18(19)21(29)26-11-8-25(9-12-26)10-13-27-20(28)15-30-22(27)16-4-3-5-17(24)14-16/h1-7,14,22H,8-13,15H2. The highest BCUT2D eigenvalue weighted by atomic mass is 35.5. The Morgan fingerprint density at radius 2 is 1.83 bits per heavy atom. The molecule has 0 saturated carbocycles. The number of benzene rings is 2. The predicted molar refractivity (Wildman–Crippen MR) is 117 cm³/mol. The fourth-order valence-corrected chi connectivity index (χ4v) is 5.29. The van der Waals surface area contributed by atoms with Crippen molar-refractivity contribution in [2.75, 3.05) is 45.0 Å². The normalized spacial score (nSPS) is 20.1. The van der Waals surface area contributed by atoms with Crippen molar-refractivity contribution < 1.29 is 14.0 Å². The number of carbonyl (C=O) groups excluding carboxylic acids is 2. The van der Waals surface area contributed by atoms with E-state index in [-0.39, 0.29) is 23.0 Å². The van der Waals surface area contributed by atoms with Crippen LogP contribution in [0.3, 0.4) is 0 Å². The number of thioether (sulfide) groups is 1. The summed E-state index contributed by atoms with van der Waals surface area (Å²) in [5.41, 5.74) is 1.35. The molecule has 2 aromatic rings. The van der Waals surface area contributed by atoms with Crippen molar-refractivity contribution in [1.29, 1.82) is 0 Å². The fourth-order valence-electron chi connectivity index (χ4n) is 3.86. The van der Waals surface area contributed by atoms with Gasteiger partial charge in [-0.25, -0.2) is 4.39 Å². The topological polar surface area (TPSA) is 43.9 Å². The van der Waals surface area contributed by atoms with Crippen LogP contribution in [0.1, 0.15) is 21.3 Å². The quantitative estimate of drug-likeness (QED) is 0.703. The average molecular weight is 448 g/mol. The second-order valence-electron chi connectivity index (χ2n) is 7.42. The molecule has 158 valence electrons. The monoisotopic (exact) mass is 447 g/mol. The van der Waals surface area contributed by atoms with Gasteiger partial charge in [0.2, 0.25) is 5.91 Å². The summed E-state index contributed by atoms with van der Waals surface area (Å²) < 4.78 is 13.6. The van der Waals surface area contributed by atoms with Gasteiger partial charge in [-0.15, -0.1) is 11.8 Å². The van der Waals surface area contributed by atoms with Crippen LogP contribution in [0, 0.1) is 5.82 Å². The average Bonchev–Trinajstić information content (AvgIpc) is 3.13. The van der Waals surface area contributed by atoms with Crippen molar-refractivity contribution in [2.45, 2.75) is 5.37 Å². The van der Waals surface area contributed by atoms with E-state index in [2.05, 4.69) is 4.90 Å². The van der Waals surface area contributed by atoms with Crippen molar-refractivity contribution in [2.24, 2.45) is 0 Å². The number of nitrogens with zero attached hydrogens (tertiary/aromatic N) is 3. The van der Waals surface area contributed by atoms with E-state index in [9.17, 15) is 14.0 Å². The van der Waals surface area contributed by atoms with Crippen molar-refractivity contribution in [3.8, 4) is 0 Å². The first-order valence-corrected chi connectivity index (χ1v) is 11.4. The number of hydrogen-bond acceptors (Lipinski definition) is 4. The molecule has 0 bridgehead atoms. The Balaban J connectivity index is 1.31. The highest BCUT2D eigenvalue weighted by molar-refractivity contribution is 8.00. The molecule has 0 aromatic heterocycles. The SMILES string of the molecule is O=C(c1ccccc1Cl)N1CCN(CCN2C(=O)CSC2c2cccc(F)c2)CC1. The number of piperazine rings is 1. The molecule has 2 aromatic carbocycles. The minimum atomic E-state index is -0.285. The molecule has 2 heterocycles. The van der Waals surface area contributed by atoms with Gasteiger partial charge in [-0.05, 0) is 29.8 Å². The molecule has 2 amide bonds. The van der Waals surface area contributed by atoms with Crippen LogP contribution in [0.15, 0.2) is 48.5 Å². The van der Waals surface area contributed by atoms with Crippen LogP contribution in [-0.2, 0) is 4.79 Å². The number of amides is 2. The zero-order valence-electron chi connectivity index (χ0n) is 16.5. The lowest BCUT2D eigenvalue weighted by Gasteiger charge is -2.36. The Bertz CT molecular complexity index is 936. The smallest absolute Gasteiger partial charge is 0.255 e. The van der Waals surface area contributed by atoms with Gasteiger partial charge in [0.15, 0.2) is 0 Å². The number of rotatable bonds is 5. The molecule has 0 radical (unpaired) electrons. The lowest BCUT2D eigenvalue weighted by Crippen LogP contribution is -2.50. The lowest BCUT2D eigenvalue weighted by molar-refractivity contribution is -0.128. The molecular formula is C22H23ClFN3O2S. The van der Waals surface area contributed by atoms with E-state index in [1.807, 2.05) is 28.0 Å². The molecule has 2 fully saturated rings. The van der Waals surface area contributed by atoms with Crippen LogP contribution < -0.4 is 0 Å². The van der Waals surface area contributed by atoms with Crippen LogP contribution in [0.2, 0.25) is 5.02 Å². The van der Waals surface area contributed by atoms with Gasteiger partial charge < -0.3 is 9.80 Å². The molecule has 1 atom stereocenters. The fraction of sp³-hybridized carbons (Fsp3) is 0.364. The van der Waals surface area contributed by atoms with E-state index in [1.165, 1.54) is 23.9 Å².